The quantitative estimate of drug-likeness (QED) is 0.693. The van der Waals surface area contributed by atoms with Gasteiger partial charge in [-0.1, -0.05) is 30.7 Å². The molecule has 0 unspecified atom stereocenters. The van der Waals surface area contributed by atoms with Crippen LogP contribution in [0.1, 0.15) is 43.3 Å². The molecule has 2 aromatic rings. The summed E-state index contributed by atoms with van der Waals surface area (Å²) in [5.41, 5.74) is 3.16. The molecule has 0 bridgehead atoms. The van der Waals surface area contributed by atoms with Crippen LogP contribution in [-0.2, 0) is 6.54 Å². The first-order valence-corrected chi connectivity index (χ1v) is 9.69. The van der Waals surface area contributed by atoms with Crippen LogP contribution in [0.3, 0.4) is 0 Å². The van der Waals surface area contributed by atoms with Crippen molar-refractivity contribution in [3.8, 4) is 0 Å². The van der Waals surface area contributed by atoms with Crippen LogP contribution in [0.15, 0.2) is 30.3 Å². The fraction of sp³-hybridized carbons (Fsp3) is 0.550. The number of aliphatic hydroxyl groups is 1. The molecule has 1 aliphatic heterocycles. The summed E-state index contributed by atoms with van der Waals surface area (Å²) in [6.45, 7) is 9.03. The van der Waals surface area contributed by atoms with Gasteiger partial charge >= 0.3 is 0 Å². The van der Waals surface area contributed by atoms with E-state index in [1.165, 1.54) is 5.56 Å². The number of aromatic nitrogens is 2. The van der Waals surface area contributed by atoms with E-state index in [4.69, 9.17) is 11.6 Å². The van der Waals surface area contributed by atoms with E-state index in [9.17, 15) is 5.11 Å². The number of aliphatic hydroxyl groups excluding tert-OH is 1. The van der Waals surface area contributed by atoms with Crippen molar-refractivity contribution >= 4 is 11.6 Å². The molecule has 0 spiro atoms. The van der Waals surface area contributed by atoms with Crippen LogP contribution >= 0.6 is 11.6 Å². The minimum Gasteiger partial charge on any atom is -0.394 e. The third-order valence-electron chi connectivity index (χ3n) is 5.54. The summed E-state index contributed by atoms with van der Waals surface area (Å²) in [5.74, 6) is 0.410. The second kappa shape index (κ2) is 8.09. The molecular formula is C20H29ClN4O. The minimum absolute atomic E-state index is 0.167. The molecule has 1 aromatic heterocycles. The second-order valence-electron chi connectivity index (χ2n) is 7.57. The summed E-state index contributed by atoms with van der Waals surface area (Å²) in [5, 5.41) is 21.6. The van der Waals surface area contributed by atoms with Crippen molar-refractivity contribution < 1.29 is 5.11 Å². The number of H-pyrrole nitrogens is 1. The molecule has 142 valence electrons. The monoisotopic (exact) mass is 376 g/mol. The maximum absolute atomic E-state index is 10.1. The van der Waals surface area contributed by atoms with E-state index >= 15 is 0 Å². The first-order valence-electron chi connectivity index (χ1n) is 9.31. The molecule has 6 heteroatoms. The number of aryl methyl sites for hydroxylation is 1. The molecule has 0 aliphatic carbocycles. The van der Waals surface area contributed by atoms with E-state index in [-0.39, 0.29) is 18.2 Å². The Bertz CT molecular complexity index is 717. The molecular weight excluding hydrogens is 348 g/mol. The highest BCUT2D eigenvalue weighted by atomic mass is 35.5. The van der Waals surface area contributed by atoms with E-state index in [0.29, 0.717) is 5.92 Å². The van der Waals surface area contributed by atoms with Crippen molar-refractivity contribution in [1.29, 1.82) is 0 Å². The summed E-state index contributed by atoms with van der Waals surface area (Å²) in [4.78, 5) is 2.43. The number of aromatic amines is 1. The summed E-state index contributed by atoms with van der Waals surface area (Å²) >= 11 is 6.09. The van der Waals surface area contributed by atoms with Gasteiger partial charge in [-0.05, 0) is 56.5 Å². The topological polar surface area (TPSA) is 64.2 Å². The molecule has 1 aromatic carbocycles. The van der Waals surface area contributed by atoms with E-state index in [1.807, 2.05) is 19.1 Å². The molecule has 3 rings (SSSR count). The lowest BCUT2D eigenvalue weighted by Gasteiger charge is -2.37. The fourth-order valence-electron chi connectivity index (χ4n) is 4.36. The number of likely N-dealkylation sites (N-methyl/N-ethyl adjacent to an activating group) is 1. The van der Waals surface area contributed by atoms with Gasteiger partial charge in [0.15, 0.2) is 0 Å². The Morgan fingerprint density at radius 1 is 1.38 bits per heavy atom. The zero-order chi connectivity index (χ0) is 18.7. The molecule has 0 saturated carbocycles. The molecule has 26 heavy (non-hydrogen) atoms. The number of likely N-dealkylation sites (tertiary alicyclic amines) is 1. The van der Waals surface area contributed by atoms with Gasteiger partial charge in [-0.15, -0.1) is 0 Å². The molecule has 1 saturated heterocycles. The molecule has 1 fully saturated rings. The van der Waals surface area contributed by atoms with Crippen LogP contribution in [-0.4, -0.2) is 45.4 Å². The molecule has 5 nitrogen and oxygen atoms in total. The number of halogens is 1. The Balaban J connectivity index is 1.77. The summed E-state index contributed by atoms with van der Waals surface area (Å²) < 4.78 is 0. The Morgan fingerprint density at radius 3 is 2.69 bits per heavy atom. The zero-order valence-corrected chi connectivity index (χ0v) is 16.6. The average molecular weight is 377 g/mol. The third kappa shape index (κ3) is 3.96. The van der Waals surface area contributed by atoms with Gasteiger partial charge in [0.25, 0.3) is 0 Å². The number of hydrogen-bond donors (Lipinski definition) is 3. The Hall–Kier alpha value is -1.40. The van der Waals surface area contributed by atoms with Gasteiger partial charge in [0.05, 0.1) is 12.3 Å². The highest BCUT2D eigenvalue weighted by Gasteiger charge is 2.47. The highest BCUT2D eigenvalue weighted by molar-refractivity contribution is 6.30. The highest BCUT2D eigenvalue weighted by Crippen LogP contribution is 2.46. The standard InChI is InChI=1S/C20H29ClN4O/c1-4-25-19(15-5-7-17(21)8-6-15)16(10-20(25,3)13-26)11-22-12-18-9-14(2)23-24-18/h5-9,16,19,22,26H,4,10-13H2,1-3H3,(H,23,24)/t16-,19+,20+/m1/s1. The van der Waals surface area contributed by atoms with Gasteiger partial charge in [-0.3, -0.25) is 10.00 Å². The summed E-state index contributed by atoms with van der Waals surface area (Å²) in [6.07, 6.45) is 0.956. The molecule has 1 aliphatic rings. The zero-order valence-electron chi connectivity index (χ0n) is 15.8. The normalized spacial score (nSPS) is 26.5. The van der Waals surface area contributed by atoms with Crippen molar-refractivity contribution in [2.45, 2.75) is 45.3 Å². The van der Waals surface area contributed by atoms with Gasteiger partial charge < -0.3 is 10.4 Å². The summed E-state index contributed by atoms with van der Waals surface area (Å²) in [6, 6.07) is 10.5. The van der Waals surface area contributed by atoms with Crippen LogP contribution in [0.25, 0.3) is 0 Å². The lowest BCUT2D eigenvalue weighted by molar-refractivity contribution is 0.0579. The molecule has 0 amide bonds. The summed E-state index contributed by atoms with van der Waals surface area (Å²) in [7, 11) is 0. The molecule has 3 atom stereocenters. The molecule has 0 radical (unpaired) electrons. The predicted molar refractivity (Wildman–Crippen MR) is 105 cm³/mol. The van der Waals surface area contributed by atoms with Crippen LogP contribution in [0.5, 0.6) is 0 Å². The fourth-order valence-corrected chi connectivity index (χ4v) is 4.49. The third-order valence-corrected chi connectivity index (χ3v) is 5.79. The number of benzene rings is 1. The Kier molecular flexibility index (Phi) is 6.03. The van der Waals surface area contributed by atoms with Crippen molar-refractivity contribution in [3.05, 3.63) is 52.3 Å². The number of hydrogen-bond acceptors (Lipinski definition) is 4. The van der Waals surface area contributed by atoms with Gasteiger partial charge in [-0.2, -0.15) is 5.10 Å². The molecule has 2 heterocycles. The lowest BCUT2D eigenvalue weighted by atomic mass is 9.90. The maximum Gasteiger partial charge on any atom is 0.0762 e. The van der Waals surface area contributed by atoms with Gasteiger partial charge in [0, 0.05) is 35.4 Å². The minimum atomic E-state index is -0.200. The average Bonchev–Trinajstić information content (AvgIpc) is 3.17. The van der Waals surface area contributed by atoms with Crippen LogP contribution in [0.2, 0.25) is 5.02 Å². The number of nitrogens with zero attached hydrogens (tertiary/aromatic N) is 2. The van der Waals surface area contributed by atoms with Crippen LogP contribution in [0, 0.1) is 12.8 Å². The largest absolute Gasteiger partial charge is 0.394 e. The predicted octanol–water partition coefficient (Wildman–Crippen LogP) is 3.30. The smallest absolute Gasteiger partial charge is 0.0762 e. The SMILES string of the molecule is CCN1[C@@H](c2ccc(Cl)cc2)[C@@H](CNCc2cc(C)[nH]n2)C[C@@]1(C)CO. The van der Waals surface area contributed by atoms with Crippen molar-refractivity contribution in [2.24, 2.45) is 5.92 Å². The first kappa shape index (κ1) is 19.4. The van der Waals surface area contributed by atoms with Crippen LogP contribution < -0.4 is 5.32 Å². The van der Waals surface area contributed by atoms with Crippen LogP contribution in [0.4, 0.5) is 0 Å². The first-order chi connectivity index (χ1) is 12.5. The van der Waals surface area contributed by atoms with Crippen molar-refractivity contribution in [3.63, 3.8) is 0 Å². The van der Waals surface area contributed by atoms with E-state index in [2.05, 4.69) is 52.5 Å². The van der Waals surface area contributed by atoms with E-state index < -0.39 is 0 Å². The maximum atomic E-state index is 10.1. The van der Waals surface area contributed by atoms with Crippen molar-refractivity contribution in [2.75, 3.05) is 19.7 Å². The van der Waals surface area contributed by atoms with E-state index in [1.54, 1.807) is 0 Å². The Morgan fingerprint density at radius 2 is 2.12 bits per heavy atom. The molecule has 3 N–H and O–H groups in total. The van der Waals surface area contributed by atoms with Gasteiger partial charge in [0.1, 0.15) is 0 Å². The number of rotatable bonds is 7. The number of nitrogens with one attached hydrogen (secondary N) is 2. The van der Waals surface area contributed by atoms with Crippen molar-refractivity contribution in [1.82, 2.24) is 20.4 Å². The second-order valence-corrected chi connectivity index (χ2v) is 8.01. The lowest BCUT2D eigenvalue weighted by Crippen LogP contribution is -2.45. The van der Waals surface area contributed by atoms with E-state index in [0.717, 1.165) is 42.5 Å². The van der Waals surface area contributed by atoms with Gasteiger partial charge in [-0.25, -0.2) is 0 Å². The Labute approximate surface area is 160 Å². The van der Waals surface area contributed by atoms with Gasteiger partial charge in [0.2, 0.25) is 0 Å².